The largest absolute Gasteiger partial charge is 0.507 e. The number of likely N-dealkylation sites (tertiary alicyclic amines) is 2. The smallest absolute Gasteiger partial charge is 0.421 e. The number of hydrogen-bond acceptors (Lipinski definition) is 6. The van der Waals surface area contributed by atoms with Crippen LogP contribution in [0.3, 0.4) is 0 Å². The molecule has 49 heavy (non-hydrogen) atoms. The first-order valence-corrected chi connectivity index (χ1v) is 15.9. The highest BCUT2D eigenvalue weighted by molar-refractivity contribution is 6.08. The summed E-state index contributed by atoms with van der Waals surface area (Å²) in [6, 6.07) is 15.0. The fourth-order valence-corrected chi connectivity index (χ4v) is 6.63. The Bertz CT molecular complexity index is 1880. The molecule has 0 spiro atoms. The van der Waals surface area contributed by atoms with Crippen molar-refractivity contribution in [3.63, 3.8) is 0 Å². The van der Waals surface area contributed by atoms with Crippen molar-refractivity contribution < 1.29 is 45.0 Å². The molecule has 14 heteroatoms. The van der Waals surface area contributed by atoms with Crippen LogP contribution in [0.2, 0.25) is 0 Å². The van der Waals surface area contributed by atoms with Gasteiger partial charge >= 0.3 is 18.4 Å². The third-order valence-electron chi connectivity index (χ3n) is 9.19. The van der Waals surface area contributed by atoms with Crippen molar-refractivity contribution in [3.8, 4) is 22.6 Å². The molecule has 3 aliphatic rings. The fraction of sp³-hybridized carbons (Fsp3) is 0.371. The van der Waals surface area contributed by atoms with Crippen molar-refractivity contribution in [1.82, 2.24) is 14.8 Å². The predicted octanol–water partition coefficient (Wildman–Crippen LogP) is 8.19. The van der Waals surface area contributed by atoms with Crippen LogP contribution in [-0.2, 0) is 12.7 Å². The highest BCUT2D eigenvalue weighted by Gasteiger charge is 2.66. The summed E-state index contributed by atoms with van der Waals surface area (Å²) in [7, 11) is 0. The molecule has 1 N–H and O–H groups in total. The van der Waals surface area contributed by atoms with Crippen molar-refractivity contribution in [1.29, 1.82) is 0 Å². The number of pyridine rings is 1. The van der Waals surface area contributed by atoms with Gasteiger partial charge in [0.25, 0.3) is 5.91 Å². The van der Waals surface area contributed by atoms with Crippen LogP contribution in [0.4, 0.5) is 36.6 Å². The first-order valence-electron chi connectivity index (χ1n) is 15.9. The molecule has 0 aliphatic carbocycles. The molecule has 2 fully saturated rings. The minimum absolute atomic E-state index is 0.0122. The van der Waals surface area contributed by atoms with Gasteiger partial charge in [0.1, 0.15) is 5.82 Å². The molecule has 1 atom stereocenters. The van der Waals surface area contributed by atoms with E-state index in [2.05, 4.69) is 24.7 Å². The van der Waals surface area contributed by atoms with E-state index < -0.39 is 35.5 Å². The van der Waals surface area contributed by atoms with Crippen molar-refractivity contribution in [2.45, 2.75) is 56.7 Å². The van der Waals surface area contributed by atoms with Gasteiger partial charge in [0.15, 0.2) is 11.5 Å². The summed E-state index contributed by atoms with van der Waals surface area (Å²) in [5.41, 5.74) is 1.41. The highest BCUT2D eigenvalue weighted by Crippen LogP contribution is 2.48. The second-order valence-corrected chi connectivity index (χ2v) is 12.5. The van der Waals surface area contributed by atoms with E-state index in [9.17, 15) is 35.5 Å². The first-order chi connectivity index (χ1) is 23.3. The first kappa shape index (κ1) is 32.9. The lowest BCUT2D eigenvalue weighted by Crippen LogP contribution is -2.52. The average molecular weight is 689 g/mol. The molecule has 1 amide bonds. The Hall–Kier alpha value is -4.59. The number of anilines is 1. The van der Waals surface area contributed by atoms with E-state index in [-0.39, 0.29) is 18.5 Å². The number of nitrogens with zero attached hydrogens (tertiary/aromatic N) is 3. The van der Waals surface area contributed by atoms with Crippen LogP contribution in [0.5, 0.6) is 11.5 Å². The summed E-state index contributed by atoms with van der Waals surface area (Å²) >= 11 is 0. The lowest BCUT2D eigenvalue weighted by atomic mass is 9.99. The molecule has 3 aromatic carbocycles. The van der Waals surface area contributed by atoms with E-state index in [1.54, 1.807) is 24.3 Å². The molecule has 7 rings (SSSR count). The molecule has 0 unspecified atom stereocenters. The monoisotopic (exact) mass is 688 g/mol. The molecule has 0 radical (unpaired) electrons. The number of halogens is 7. The normalized spacial score (nSPS) is 20.1. The number of aromatic nitrogens is 1. The minimum atomic E-state index is -4.88. The number of benzene rings is 3. The number of carbonyl (C=O) groups is 1. The van der Waals surface area contributed by atoms with Crippen LogP contribution in [0.15, 0.2) is 66.7 Å². The van der Waals surface area contributed by atoms with E-state index in [1.807, 2.05) is 4.90 Å². The van der Waals surface area contributed by atoms with Gasteiger partial charge in [-0.1, -0.05) is 24.3 Å². The number of hydrogen-bond donors (Lipinski definition) is 1. The van der Waals surface area contributed by atoms with Crippen LogP contribution in [0.1, 0.15) is 47.2 Å². The van der Waals surface area contributed by atoms with Crippen LogP contribution < -0.4 is 14.8 Å². The van der Waals surface area contributed by atoms with Gasteiger partial charge in [0.05, 0.1) is 16.6 Å². The van der Waals surface area contributed by atoms with Gasteiger partial charge in [-0.05, 0) is 97.9 Å². The molecule has 0 bridgehead atoms. The number of alkyl halides is 7. The summed E-state index contributed by atoms with van der Waals surface area (Å²) in [5, 5.41) is 3.60. The van der Waals surface area contributed by atoms with Gasteiger partial charge in [-0.15, -0.1) is 0 Å². The van der Waals surface area contributed by atoms with E-state index in [0.29, 0.717) is 45.5 Å². The maximum Gasteiger partial charge on any atom is 0.507 e. The minimum Gasteiger partial charge on any atom is -0.421 e. The summed E-state index contributed by atoms with van der Waals surface area (Å²) in [4.78, 5) is 23.2. The van der Waals surface area contributed by atoms with Crippen molar-refractivity contribution in [3.05, 3.63) is 83.4 Å². The molecular weight excluding hydrogens is 657 g/mol. The molecule has 4 heterocycles. The highest BCUT2D eigenvalue weighted by atomic mass is 19.4. The van der Waals surface area contributed by atoms with Crippen LogP contribution in [0.25, 0.3) is 22.0 Å². The second-order valence-electron chi connectivity index (χ2n) is 12.5. The maximum absolute atomic E-state index is 14.3. The number of rotatable bonds is 7. The molecular formula is C35H31F7N4O3. The molecule has 0 saturated carbocycles. The van der Waals surface area contributed by atoms with Gasteiger partial charge in [0, 0.05) is 31.1 Å². The standard InChI is InChI=1S/C35H31F7N4O3/c36-33(37,38)24-9-5-21(6-10-24)19-43-31-18-27(32(47)46-15-3-4-25(46)20-45-13-1-2-14-45)26-16-22(7-11-28(26)44-31)23-8-12-29-30(17-23)49-35(41,42)34(39,40)48-29/h5-12,16-18,25H,1-4,13-15,19-20H2,(H,43,44)/t25-/m0/s1. The van der Waals surface area contributed by atoms with Gasteiger partial charge in [-0.25, -0.2) is 4.98 Å². The van der Waals surface area contributed by atoms with Crippen LogP contribution in [-0.4, -0.2) is 65.1 Å². The molecule has 4 aromatic rings. The third-order valence-corrected chi connectivity index (χ3v) is 9.19. The number of fused-ring (bicyclic) bond motifs is 2. The summed E-state index contributed by atoms with van der Waals surface area (Å²) < 4.78 is 103. The van der Waals surface area contributed by atoms with Gasteiger partial charge in [-0.3, -0.25) is 4.79 Å². The molecule has 3 aliphatic heterocycles. The van der Waals surface area contributed by atoms with E-state index >= 15 is 0 Å². The number of carbonyl (C=O) groups excluding carboxylic acids is 1. The third kappa shape index (κ3) is 6.57. The Morgan fingerprint density at radius 1 is 0.837 bits per heavy atom. The molecule has 258 valence electrons. The lowest BCUT2D eigenvalue weighted by Gasteiger charge is -2.32. The number of nitrogens with one attached hydrogen (secondary N) is 1. The maximum atomic E-state index is 14.3. The van der Waals surface area contributed by atoms with Crippen molar-refractivity contribution >= 4 is 22.6 Å². The molecule has 1 aromatic heterocycles. The predicted molar refractivity (Wildman–Crippen MR) is 167 cm³/mol. The van der Waals surface area contributed by atoms with Crippen LogP contribution >= 0.6 is 0 Å². The van der Waals surface area contributed by atoms with Crippen molar-refractivity contribution in [2.75, 3.05) is 31.5 Å². The van der Waals surface area contributed by atoms with Gasteiger partial charge in [0.2, 0.25) is 0 Å². The second kappa shape index (κ2) is 12.4. The summed E-state index contributed by atoms with van der Waals surface area (Å²) in [6.07, 6.45) is -10.2. The molecule has 2 saturated heterocycles. The van der Waals surface area contributed by atoms with Crippen LogP contribution in [0, 0.1) is 0 Å². The zero-order chi connectivity index (χ0) is 34.6. The van der Waals surface area contributed by atoms with E-state index in [4.69, 9.17) is 0 Å². The zero-order valence-electron chi connectivity index (χ0n) is 26.0. The Kier molecular flexibility index (Phi) is 8.32. The Labute approximate surface area is 276 Å². The SMILES string of the molecule is O=C(c1cc(NCc2ccc(C(F)(F)F)cc2)nc2ccc(-c3ccc4c(c3)OC(F)(F)C(F)(F)O4)cc12)N1CCC[C@H]1CN1CCCC1. The lowest BCUT2D eigenvalue weighted by molar-refractivity contribution is -0.391. The summed E-state index contributed by atoms with van der Waals surface area (Å²) in [5.74, 6) is -0.985. The van der Waals surface area contributed by atoms with Gasteiger partial charge in [-0.2, -0.15) is 30.7 Å². The molecule has 7 nitrogen and oxygen atoms in total. The summed E-state index contributed by atoms with van der Waals surface area (Å²) in [6.45, 7) is 3.44. The van der Waals surface area contributed by atoms with E-state index in [1.165, 1.54) is 24.3 Å². The van der Waals surface area contributed by atoms with Crippen molar-refractivity contribution in [2.24, 2.45) is 0 Å². The topological polar surface area (TPSA) is 66.9 Å². The fourth-order valence-electron chi connectivity index (χ4n) is 6.63. The number of amides is 1. The Balaban J connectivity index is 1.23. The Morgan fingerprint density at radius 3 is 2.22 bits per heavy atom. The van der Waals surface area contributed by atoms with Gasteiger partial charge < -0.3 is 24.6 Å². The quantitative estimate of drug-likeness (QED) is 0.198. The zero-order valence-corrected chi connectivity index (χ0v) is 26.0. The average Bonchev–Trinajstić information content (AvgIpc) is 3.75. The Morgan fingerprint density at radius 2 is 1.51 bits per heavy atom. The number of ether oxygens (including phenoxy) is 2. The van der Waals surface area contributed by atoms with E-state index in [0.717, 1.165) is 63.5 Å².